The van der Waals surface area contributed by atoms with Gasteiger partial charge in [-0.1, -0.05) is 19.8 Å². The number of nitrogens with zero attached hydrogens (tertiary/aromatic N) is 3. The Morgan fingerprint density at radius 2 is 2.26 bits per heavy atom. The second-order valence-corrected chi connectivity index (χ2v) is 6.08. The summed E-state index contributed by atoms with van der Waals surface area (Å²) in [5.74, 6) is 0.100. The minimum atomic E-state index is -0.569. The molecule has 1 heterocycles. The third-order valence-electron chi connectivity index (χ3n) is 4.24. The molecule has 0 unspecified atom stereocenters. The van der Waals surface area contributed by atoms with E-state index in [9.17, 15) is 14.9 Å². The van der Waals surface area contributed by atoms with Crippen LogP contribution in [0.2, 0.25) is 0 Å². The highest BCUT2D eigenvalue weighted by Gasteiger charge is 2.21. The fourth-order valence-corrected chi connectivity index (χ4v) is 2.86. The summed E-state index contributed by atoms with van der Waals surface area (Å²) in [4.78, 5) is 21.9. The number of amides is 1. The number of carbonyl (C=O) groups is 1. The third-order valence-corrected chi connectivity index (χ3v) is 4.24. The van der Waals surface area contributed by atoms with E-state index in [1.54, 1.807) is 6.92 Å². The lowest BCUT2D eigenvalue weighted by Crippen LogP contribution is -2.33. The summed E-state index contributed by atoms with van der Waals surface area (Å²) in [5.41, 5.74) is 0.583. The Morgan fingerprint density at radius 1 is 1.52 bits per heavy atom. The number of carbonyl (C=O) groups excluding carboxylic acids is 1. The molecule has 1 amide bonds. The first-order chi connectivity index (χ1) is 11.0. The van der Waals surface area contributed by atoms with Crippen LogP contribution in [0.25, 0.3) is 0 Å². The van der Waals surface area contributed by atoms with Crippen molar-refractivity contribution in [1.29, 1.82) is 0 Å². The van der Waals surface area contributed by atoms with E-state index in [2.05, 4.69) is 17.3 Å². The summed E-state index contributed by atoms with van der Waals surface area (Å²) >= 11 is 0. The Balaban J connectivity index is 1.70. The SMILES string of the molecule is Cc1cc([N+](=O)[O-])nn1CC(=O)NCCO[C@H]1CCCC[C@H]1C. The number of rotatable bonds is 7. The van der Waals surface area contributed by atoms with E-state index in [0.29, 0.717) is 24.8 Å². The number of aryl methyl sites for hydroxylation is 1. The maximum absolute atomic E-state index is 11.9. The molecular weight excluding hydrogens is 300 g/mol. The molecule has 8 nitrogen and oxygen atoms in total. The van der Waals surface area contributed by atoms with Crippen LogP contribution in [0.1, 0.15) is 38.3 Å². The van der Waals surface area contributed by atoms with Gasteiger partial charge in [0.2, 0.25) is 5.91 Å². The van der Waals surface area contributed by atoms with E-state index in [4.69, 9.17) is 4.74 Å². The highest BCUT2D eigenvalue weighted by atomic mass is 16.6. The third kappa shape index (κ3) is 5.02. The van der Waals surface area contributed by atoms with Gasteiger partial charge in [0.15, 0.2) is 0 Å². The predicted molar refractivity (Wildman–Crippen MR) is 84.0 cm³/mol. The van der Waals surface area contributed by atoms with Crippen molar-refractivity contribution in [2.45, 2.75) is 52.2 Å². The van der Waals surface area contributed by atoms with E-state index in [-0.39, 0.29) is 24.4 Å². The van der Waals surface area contributed by atoms with E-state index >= 15 is 0 Å². The number of nitrogens with one attached hydrogen (secondary N) is 1. The molecule has 2 atom stereocenters. The second kappa shape index (κ2) is 8.05. The lowest BCUT2D eigenvalue weighted by Gasteiger charge is -2.28. The fourth-order valence-electron chi connectivity index (χ4n) is 2.86. The highest BCUT2D eigenvalue weighted by molar-refractivity contribution is 5.75. The Kier molecular flexibility index (Phi) is 6.09. The molecule has 0 saturated heterocycles. The van der Waals surface area contributed by atoms with E-state index < -0.39 is 4.92 Å². The normalized spacial score (nSPS) is 21.1. The Hall–Kier alpha value is -1.96. The van der Waals surface area contributed by atoms with Crippen molar-refractivity contribution in [2.24, 2.45) is 5.92 Å². The van der Waals surface area contributed by atoms with Crippen LogP contribution < -0.4 is 5.32 Å². The zero-order valence-corrected chi connectivity index (χ0v) is 13.7. The molecule has 1 aromatic heterocycles. The van der Waals surface area contributed by atoms with Crippen molar-refractivity contribution in [1.82, 2.24) is 15.1 Å². The van der Waals surface area contributed by atoms with Crippen molar-refractivity contribution >= 4 is 11.7 Å². The highest BCUT2D eigenvalue weighted by Crippen LogP contribution is 2.25. The molecule has 1 aromatic rings. The standard InChI is InChI=1S/C15H24N4O4/c1-11-5-3-4-6-13(11)23-8-7-16-15(20)10-18-12(2)9-14(17-18)19(21)22/h9,11,13H,3-8,10H2,1-2H3,(H,16,20)/t11-,13+/m1/s1. The van der Waals surface area contributed by atoms with Gasteiger partial charge in [-0.3, -0.25) is 4.79 Å². The minimum absolute atomic E-state index is 0.0283. The van der Waals surface area contributed by atoms with E-state index in [1.807, 2.05) is 0 Å². The van der Waals surface area contributed by atoms with Gasteiger partial charge < -0.3 is 20.2 Å². The van der Waals surface area contributed by atoms with Crippen LogP contribution >= 0.6 is 0 Å². The molecule has 0 spiro atoms. The summed E-state index contributed by atoms with van der Waals surface area (Å²) in [6.07, 6.45) is 5.06. The summed E-state index contributed by atoms with van der Waals surface area (Å²) in [6.45, 7) is 4.78. The molecular formula is C15H24N4O4. The first-order valence-electron chi connectivity index (χ1n) is 8.04. The second-order valence-electron chi connectivity index (χ2n) is 6.08. The van der Waals surface area contributed by atoms with Gasteiger partial charge >= 0.3 is 5.82 Å². The quantitative estimate of drug-likeness (QED) is 0.468. The lowest BCUT2D eigenvalue weighted by molar-refractivity contribution is -0.389. The van der Waals surface area contributed by atoms with Crippen molar-refractivity contribution in [3.05, 3.63) is 21.9 Å². The number of nitro groups is 1. The average molecular weight is 324 g/mol. The zero-order valence-electron chi connectivity index (χ0n) is 13.7. The topological polar surface area (TPSA) is 99.3 Å². The first kappa shape index (κ1) is 17.4. The van der Waals surface area contributed by atoms with Gasteiger partial charge in [0.1, 0.15) is 6.54 Å². The monoisotopic (exact) mass is 324 g/mol. The van der Waals surface area contributed by atoms with E-state index in [1.165, 1.54) is 30.0 Å². The van der Waals surface area contributed by atoms with Gasteiger partial charge in [-0.25, -0.2) is 0 Å². The molecule has 0 bridgehead atoms. The summed E-state index contributed by atoms with van der Waals surface area (Å²) in [6, 6.07) is 1.35. The molecule has 23 heavy (non-hydrogen) atoms. The largest absolute Gasteiger partial charge is 0.390 e. The smallest absolute Gasteiger partial charge is 0.376 e. The van der Waals surface area contributed by atoms with Gasteiger partial charge in [0, 0.05) is 6.54 Å². The first-order valence-corrected chi connectivity index (χ1v) is 8.04. The molecule has 0 radical (unpaired) electrons. The number of aromatic nitrogens is 2. The van der Waals surface area contributed by atoms with Crippen molar-refractivity contribution in [3.8, 4) is 0 Å². The van der Waals surface area contributed by atoms with Crippen LogP contribution in [0.15, 0.2) is 6.07 Å². The van der Waals surface area contributed by atoms with Crippen LogP contribution in [-0.4, -0.2) is 39.9 Å². The Morgan fingerprint density at radius 3 is 2.91 bits per heavy atom. The van der Waals surface area contributed by atoms with Crippen LogP contribution in [0.3, 0.4) is 0 Å². The molecule has 2 rings (SSSR count). The van der Waals surface area contributed by atoms with Crippen molar-refractivity contribution in [3.63, 3.8) is 0 Å². The predicted octanol–water partition coefficient (Wildman–Crippen LogP) is 1.81. The number of hydrogen-bond donors (Lipinski definition) is 1. The maximum atomic E-state index is 11.9. The van der Waals surface area contributed by atoms with Gasteiger partial charge in [-0.05, 0) is 30.6 Å². The van der Waals surface area contributed by atoms with Crippen molar-refractivity contribution in [2.75, 3.05) is 13.2 Å². The lowest BCUT2D eigenvalue weighted by atomic mass is 9.88. The number of ether oxygens (including phenoxy) is 1. The molecule has 1 saturated carbocycles. The maximum Gasteiger partial charge on any atom is 0.390 e. The van der Waals surface area contributed by atoms with Crippen LogP contribution in [0.5, 0.6) is 0 Å². The molecule has 1 fully saturated rings. The van der Waals surface area contributed by atoms with Crippen LogP contribution in [0.4, 0.5) is 5.82 Å². The Bertz CT molecular complexity index is 558. The molecule has 0 aliphatic heterocycles. The molecule has 8 heteroatoms. The molecule has 0 aromatic carbocycles. The average Bonchev–Trinajstić information content (AvgIpc) is 2.87. The van der Waals surface area contributed by atoms with Gasteiger partial charge in [0.25, 0.3) is 0 Å². The molecule has 128 valence electrons. The van der Waals surface area contributed by atoms with Crippen molar-refractivity contribution < 1.29 is 14.5 Å². The van der Waals surface area contributed by atoms with Crippen LogP contribution in [-0.2, 0) is 16.1 Å². The summed E-state index contributed by atoms with van der Waals surface area (Å²) in [5, 5.41) is 17.2. The van der Waals surface area contributed by atoms with Gasteiger partial charge in [-0.15, -0.1) is 0 Å². The minimum Gasteiger partial charge on any atom is -0.376 e. The molecule has 1 aliphatic carbocycles. The zero-order chi connectivity index (χ0) is 16.8. The fraction of sp³-hybridized carbons (Fsp3) is 0.733. The Labute approximate surface area is 135 Å². The van der Waals surface area contributed by atoms with Crippen LogP contribution in [0, 0.1) is 23.0 Å². The van der Waals surface area contributed by atoms with E-state index in [0.717, 1.165) is 6.42 Å². The van der Waals surface area contributed by atoms with Gasteiger partial charge in [-0.2, -0.15) is 4.68 Å². The summed E-state index contributed by atoms with van der Waals surface area (Å²) in [7, 11) is 0. The summed E-state index contributed by atoms with van der Waals surface area (Å²) < 4.78 is 7.16. The number of hydrogen-bond acceptors (Lipinski definition) is 5. The molecule has 1 N–H and O–H groups in total. The molecule has 1 aliphatic rings. The van der Waals surface area contributed by atoms with Gasteiger partial charge in [0.05, 0.1) is 29.6 Å².